The minimum Gasteiger partial charge on any atom is -0.346 e. The average molecular weight is 418 g/mol. The molecule has 2 rings (SSSR count). The predicted octanol–water partition coefficient (Wildman–Crippen LogP) is 3.72. The molecule has 0 spiro atoms. The molecule has 1 amide bonds. The topological polar surface area (TPSA) is 69.7 Å². The minimum atomic E-state index is -3.57. The van der Waals surface area contributed by atoms with Gasteiger partial charge in [0.25, 0.3) is 5.91 Å². The van der Waals surface area contributed by atoms with E-state index in [2.05, 4.69) is 38.2 Å². The fourth-order valence-corrected chi connectivity index (χ4v) is 3.71. The molecule has 6 nitrogen and oxygen atoms in total. The molecule has 0 saturated carbocycles. The largest absolute Gasteiger partial charge is 0.346 e. The van der Waals surface area contributed by atoms with Crippen LogP contribution >= 0.6 is 0 Å². The number of anilines is 1. The predicted molar refractivity (Wildman–Crippen MR) is 118 cm³/mol. The highest BCUT2D eigenvalue weighted by molar-refractivity contribution is 7.90. The summed E-state index contributed by atoms with van der Waals surface area (Å²) in [5.74, 6) is -0.206. The van der Waals surface area contributed by atoms with E-state index < -0.39 is 10.2 Å². The van der Waals surface area contributed by atoms with Crippen molar-refractivity contribution in [3.8, 4) is 0 Å². The molecule has 0 saturated heterocycles. The highest BCUT2D eigenvalue weighted by Crippen LogP contribution is 2.24. The average Bonchev–Trinajstić information content (AvgIpc) is 2.66. The van der Waals surface area contributed by atoms with Crippen LogP contribution in [-0.4, -0.2) is 39.8 Å². The third kappa shape index (κ3) is 5.36. The second-order valence-electron chi connectivity index (χ2n) is 8.37. The van der Waals surface area contributed by atoms with Crippen molar-refractivity contribution in [2.24, 2.45) is 0 Å². The number of rotatable bonds is 6. The Morgan fingerprint density at radius 3 is 1.90 bits per heavy atom. The molecule has 1 atom stereocenters. The summed E-state index contributed by atoms with van der Waals surface area (Å²) in [7, 11) is 0.864. The van der Waals surface area contributed by atoms with Crippen LogP contribution in [0.1, 0.15) is 55.2 Å². The summed E-state index contributed by atoms with van der Waals surface area (Å²) in [5.41, 5.74) is 3.32. The van der Waals surface area contributed by atoms with Gasteiger partial charge in [0.2, 0.25) is 0 Å². The first-order valence-electron chi connectivity index (χ1n) is 9.52. The Hall–Kier alpha value is -2.38. The molecular formula is C22H31N3O3S. The zero-order chi connectivity index (χ0) is 22.0. The summed E-state index contributed by atoms with van der Waals surface area (Å²) in [6.07, 6.45) is 0. The minimum absolute atomic E-state index is 0.0833. The summed E-state index contributed by atoms with van der Waals surface area (Å²) in [6.45, 7) is 8.43. The van der Waals surface area contributed by atoms with Crippen molar-refractivity contribution in [1.82, 2.24) is 9.62 Å². The Balaban J connectivity index is 2.09. The molecule has 1 unspecified atom stereocenters. The van der Waals surface area contributed by atoms with Crippen molar-refractivity contribution < 1.29 is 13.2 Å². The monoisotopic (exact) mass is 417 g/mol. The van der Waals surface area contributed by atoms with Crippen LogP contribution < -0.4 is 9.62 Å². The van der Waals surface area contributed by atoms with Crippen LogP contribution in [0.2, 0.25) is 0 Å². The normalized spacial score (nSPS) is 13.2. The maximum absolute atomic E-state index is 12.6. The van der Waals surface area contributed by atoms with Gasteiger partial charge in [0.05, 0.1) is 11.7 Å². The van der Waals surface area contributed by atoms with Gasteiger partial charge in [-0.1, -0.05) is 45.0 Å². The van der Waals surface area contributed by atoms with Crippen LogP contribution in [0.15, 0.2) is 48.5 Å². The van der Waals surface area contributed by atoms with E-state index in [-0.39, 0.29) is 17.4 Å². The quantitative estimate of drug-likeness (QED) is 0.779. The Morgan fingerprint density at radius 1 is 0.931 bits per heavy atom. The molecule has 2 aromatic carbocycles. The van der Waals surface area contributed by atoms with Crippen molar-refractivity contribution in [3.05, 3.63) is 65.2 Å². The number of nitrogens with zero attached hydrogens (tertiary/aromatic N) is 2. The lowest BCUT2D eigenvalue weighted by molar-refractivity contribution is 0.0940. The Kier molecular flexibility index (Phi) is 6.75. The molecule has 7 heteroatoms. The number of hydrogen-bond donors (Lipinski definition) is 1. The lowest BCUT2D eigenvalue weighted by Crippen LogP contribution is -2.37. The highest BCUT2D eigenvalue weighted by atomic mass is 32.2. The smallest absolute Gasteiger partial charge is 0.303 e. The van der Waals surface area contributed by atoms with E-state index >= 15 is 0 Å². The second-order valence-corrected chi connectivity index (χ2v) is 10.5. The van der Waals surface area contributed by atoms with Gasteiger partial charge < -0.3 is 5.32 Å². The van der Waals surface area contributed by atoms with Crippen molar-refractivity contribution in [2.75, 3.05) is 25.4 Å². The number of hydrogen-bond acceptors (Lipinski definition) is 3. The second kappa shape index (κ2) is 8.55. The van der Waals surface area contributed by atoms with Gasteiger partial charge in [-0.3, -0.25) is 9.10 Å². The first kappa shape index (κ1) is 22.9. The maximum atomic E-state index is 12.6. The van der Waals surface area contributed by atoms with Gasteiger partial charge >= 0.3 is 10.2 Å². The number of carbonyl (C=O) groups is 1. The molecular weight excluding hydrogens is 386 g/mol. The van der Waals surface area contributed by atoms with Crippen LogP contribution in [0.25, 0.3) is 0 Å². The molecule has 0 fully saturated rings. The highest BCUT2D eigenvalue weighted by Gasteiger charge is 2.21. The van der Waals surface area contributed by atoms with E-state index in [1.807, 2.05) is 19.1 Å². The van der Waals surface area contributed by atoms with Crippen molar-refractivity contribution in [1.29, 1.82) is 0 Å². The van der Waals surface area contributed by atoms with Gasteiger partial charge in [-0.05, 0) is 47.7 Å². The third-order valence-electron chi connectivity index (χ3n) is 4.92. The van der Waals surface area contributed by atoms with Crippen LogP contribution in [-0.2, 0) is 15.6 Å². The Labute approximate surface area is 174 Å². The van der Waals surface area contributed by atoms with Crippen molar-refractivity contribution in [3.63, 3.8) is 0 Å². The lowest BCUT2D eigenvalue weighted by atomic mass is 9.86. The van der Waals surface area contributed by atoms with E-state index in [0.717, 1.165) is 9.87 Å². The van der Waals surface area contributed by atoms with E-state index in [1.165, 1.54) is 31.0 Å². The molecule has 0 aliphatic heterocycles. The first-order valence-corrected chi connectivity index (χ1v) is 10.9. The summed E-state index contributed by atoms with van der Waals surface area (Å²) in [5, 5.41) is 2.99. The van der Waals surface area contributed by atoms with E-state index in [4.69, 9.17) is 0 Å². The van der Waals surface area contributed by atoms with Crippen molar-refractivity contribution in [2.45, 2.75) is 39.2 Å². The van der Waals surface area contributed by atoms with E-state index in [1.54, 1.807) is 24.3 Å². The fraction of sp³-hybridized carbons (Fsp3) is 0.409. The molecule has 0 aliphatic carbocycles. The number of carbonyl (C=O) groups excluding carboxylic acids is 1. The van der Waals surface area contributed by atoms with Gasteiger partial charge in [-0.25, -0.2) is 0 Å². The van der Waals surface area contributed by atoms with Crippen LogP contribution in [0.3, 0.4) is 0 Å². The van der Waals surface area contributed by atoms with Gasteiger partial charge in [0.1, 0.15) is 0 Å². The number of benzene rings is 2. The molecule has 158 valence electrons. The van der Waals surface area contributed by atoms with Gasteiger partial charge in [0, 0.05) is 26.7 Å². The summed E-state index contributed by atoms with van der Waals surface area (Å²) in [4.78, 5) is 12.6. The number of amides is 1. The molecule has 2 aromatic rings. The molecule has 0 aromatic heterocycles. The van der Waals surface area contributed by atoms with E-state index in [9.17, 15) is 13.2 Å². The standard InChI is InChI=1S/C22H31N3O3S/c1-16(17-8-12-19(13-9-17)22(2,3)4)23-21(26)18-10-14-20(15-11-18)25(7)29(27,28)24(5)6/h8-16H,1-7H3,(H,23,26). The molecule has 0 aliphatic rings. The molecule has 0 bridgehead atoms. The SMILES string of the molecule is CC(NC(=O)c1ccc(N(C)S(=O)(=O)N(C)C)cc1)c1ccc(C(C)(C)C)cc1. The van der Waals surface area contributed by atoms with Crippen molar-refractivity contribution >= 4 is 21.8 Å². The molecule has 0 heterocycles. The Bertz CT molecular complexity index is 944. The summed E-state index contributed by atoms with van der Waals surface area (Å²) >= 11 is 0. The number of nitrogens with one attached hydrogen (secondary N) is 1. The van der Waals surface area contributed by atoms with Crippen LogP contribution in [0.4, 0.5) is 5.69 Å². The third-order valence-corrected chi connectivity index (χ3v) is 6.75. The molecule has 0 radical (unpaired) electrons. The summed E-state index contributed by atoms with van der Waals surface area (Å²) < 4.78 is 26.7. The fourth-order valence-electron chi connectivity index (χ4n) is 2.84. The van der Waals surface area contributed by atoms with Crippen LogP contribution in [0, 0.1) is 0 Å². The zero-order valence-electron chi connectivity index (χ0n) is 18.2. The molecule has 29 heavy (non-hydrogen) atoms. The summed E-state index contributed by atoms with van der Waals surface area (Å²) in [6, 6.07) is 14.6. The first-order chi connectivity index (χ1) is 13.3. The molecule has 1 N–H and O–H groups in total. The van der Waals surface area contributed by atoms with Gasteiger partial charge in [-0.15, -0.1) is 0 Å². The van der Waals surface area contributed by atoms with Gasteiger partial charge in [-0.2, -0.15) is 12.7 Å². The van der Waals surface area contributed by atoms with Gasteiger partial charge in [0.15, 0.2) is 0 Å². The lowest BCUT2D eigenvalue weighted by Gasteiger charge is -2.23. The zero-order valence-corrected chi connectivity index (χ0v) is 19.0. The van der Waals surface area contributed by atoms with Crippen LogP contribution in [0.5, 0.6) is 0 Å². The Morgan fingerprint density at radius 2 is 1.45 bits per heavy atom. The van der Waals surface area contributed by atoms with E-state index in [0.29, 0.717) is 11.3 Å². The maximum Gasteiger partial charge on any atom is 0.303 e.